The molecule has 0 atom stereocenters. The molecule has 13 nitrogen and oxygen atoms in total. The summed E-state index contributed by atoms with van der Waals surface area (Å²) in [4.78, 5) is 23.0. The highest BCUT2D eigenvalue weighted by Crippen LogP contribution is 2.52. The summed E-state index contributed by atoms with van der Waals surface area (Å²) in [5.41, 5.74) is 1.76. The summed E-state index contributed by atoms with van der Waals surface area (Å²) in [7, 11) is -3.99. The third-order valence-electron chi connectivity index (χ3n) is 8.62. The summed E-state index contributed by atoms with van der Waals surface area (Å²) in [5, 5.41) is 5.67. The summed E-state index contributed by atoms with van der Waals surface area (Å²) in [6, 6.07) is 8.22. The topological polar surface area (TPSA) is 158 Å². The molecule has 51 heavy (non-hydrogen) atoms. The van der Waals surface area contributed by atoms with E-state index in [-0.39, 0.29) is 60.7 Å². The first kappa shape index (κ1) is 38.5. The fourth-order valence-electron chi connectivity index (χ4n) is 6.46. The van der Waals surface area contributed by atoms with Crippen LogP contribution in [0, 0.1) is 0 Å². The molecule has 18 heteroatoms. The van der Waals surface area contributed by atoms with Gasteiger partial charge in [-0.2, -0.15) is 26.6 Å². The number of methoxy groups -OCH3 is 1. The van der Waals surface area contributed by atoms with E-state index in [1.807, 2.05) is 0 Å². The van der Waals surface area contributed by atoms with Gasteiger partial charge in [-0.25, -0.2) is 4.98 Å². The van der Waals surface area contributed by atoms with E-state index in [9.17, 15) is 30.9 Å². The van der Waals surface area contributed by atoms with Gasteiger partial charge >= 0.3 is 13.8 Å². The minimum atomic E-state index is -4.83. The number of hydrogen-bond acceptors (Lipinski definition) is 12. The number of nitrogens with zero attached hydrogens (tertiary/aromatic N) is 3. The second-order valence-corrected chi connectivity index (χ2v) is 16.0. The Morgan fingerprint density at radius 1 is 1.02 bits per heavy atom. The van der Waals surface area contributed by atoms with Gasteiger partial charge in [0.1, 0.15) is 17.1 Å². The molecule has 3 aromatic rings. The van der Waals surface area contributed by atoms with Crippen molar-refractivity contribution in [2.75, 3.05) is 44.3 Å². The number of aromatic nitrogens is 2. The molecule has 0 spiro atoms. The Morgan fingerprint density at radius 2 is 1.69 bits per heavy atom. The maximum Gasteiger partial charge on any atom is 0.421 e. The van der Waals surface area contributed by atoms with Crippen LogP contribution in [0.4, 0.5) is 36.3 Å². The molecule has 1 saturated carbocycles. The molecule has 278 valence electrons. The van der Waals surface area contributed by atoms with Gasteiger partial charge in [-0.1, -0.05) is 12.1 Å². The van der Waals surface area contributed by atoms with Crippen LogP contribution < -0.4 is 15.4 Å². The van der Waals surface area contributed by atoms with Gasteiger partial charge in [0.25, 0.3) is 16.0 Å². The van der Waals surface area contributed by atoms with Crippen molar-refractivity contribution in [1.82, 2.24) is 14.9 Å². The lowest BCUT2D eigenvalue weighted by atomic mass is 9.80. The highest BCUT2D eigenvalue weighted by Gasteiger charge is 2.38. The smallest absolute Gasteiger partial charge is 0.421 e. The van der Waals surface area contributed by atoms with E-state index in [4.69, 9.17) is 18.0 Å². The van der Waals surface area contributed by atoms with Crippen LogP contribution in [-0.2, 0) is 46.8 Å². The second-order valence-electron chi connectivity index (χ2n) is 12.3. The predicted octanol–water partition coefficient (Wildman–Crippen LogP) is 7.35. The quantitative estimate of drug-likeness (QED) is 0.125. The summed E-state index contributed by atoms with van der Waals surface area (Å²) < 4.78 is 100. The van der Waals surface area contributed by atoms with Crippen LogP contribution in [0.25, 0.3) is 0 Å². The Morgan fingerprint density at radius 3 is 2.29 bits per heavy atom. The van der Waals surface area contributed by atoms with E-state index in [1.54, 1.807) is 51.2 Å². The monoisotopic (exact) mass is 755 g/mol. The van der Waals surface area contributed by atoms with E-state index in [0.717, 1.165) is 11.8 Å². The van der Waals surface area contributed by atoms with Crippen molar-refractivity contribution in [3.8, 4) is 5.75 Å². The van der Waals surface area contributed by atoms with Gasteiger partial charge in [0.05, 0.1) is 55.8 Å². The summed E-state index contributed by atoms with van der Waals surface area (Å²) >= 11 is 0. The Balaban J connectivity index is 1.43. The molecule has 1 aliphatic heterocycles. The summed E-state index contributed by atoms with van der Waals surface area (Å²) in [6.45, 7) is 4.07. The van der Waals surface area contributed by atoms with Crippen LogP contribution in [0.2, 0.25) is 0 Å². The number of halogens is 3. The normalized spacial score (nSPS) is 18.1. The lowest BCUT2D eigenvalue weighted by Gasteiger charge is -2.29. The Labute approximate surface area is 294 Å². The van der Waals surface area contributed by atoms with Crippen LogP contribution in [0.15, 0.2) is 36.5 Å². The van der Waals surface area contributed by atoms with Crippen molar-refractivity contribution in [2.45, 2.75) is 70.4 Å². The maximum atomic E-state index is 14.2. The SMILES string of the molecule is CCOP(=O)(Cc1ccc(Nc2ncc(C(F)(F)F)c(Nc3ccc([C@H]4CC[C@H](OS(C)(=O)=O)CC4)c4c3C(=O)N(C)C4)n2)c(OC)c1)OCC. The molecule has 2 aliphatic rings. The Hall–Kier alpha value is -3.76. The average Bonchev–Trinajstić information content (AvgIpc) is 3.35. The molecule has 0 radical (unpaired) electrons. The van der Waals surface area contributed by atoms with Gasteiger partial charge in [-0.15, -0.1) is 0 Å². The van der Waals surface area contributed by atoms with Crippen molar-refractivity contribution < 1.29 is 48.9 Å². The highest BCUT2D eigenvalue weighted by atomic mass is 32.2. The number of ether oxygens (including phenoxy) is 1. The Kier molecular flexibility index (Phi) is 11.7. The average molecular weight is 756 g/mol. The number of alkyl halides is 3. The summed E-state index contributed by atoms with van der Waals surface area (Å²) in [5.74, 6) is -0.813. The fraction of sp³-hybridized carbons (Fsp3) is 0.485. The van der Waals surface area contributed by atoms with Gasteiger partial charge < -0.3 is 29.3 Å². The minimum absolute atomic E-state index is 0.0127. The van der Waals surface area contributed by atoms with E-state index >= 15 is 0 Å². The summed E-state index contributed by atoms with van der Waals surface area (Å²) in [6.07, 6.45) is -1.33. The molecule has 0 bridgehead atoms. The van der Waals surface area contributed by atoms with Crippen LogP contribution >= 0.6 is 7.60 Å². The van der Waals surface area contributed by atoms with Crippen LogP contribution in [-0.4, -0.2) is 68.9 Å². The van der Waals surface area contributed by atoms with Gasteiger partial charge in [0.15, 0.2) is 0 Å². The standard InChI is InChI=1S/C33H41F3N5O8PS/c1-6-47-50(43,48-7-2)19-20-8-14-26(28(16-20)46-4)39-32-37-17-25(33(34,35)36)30(40-32)38-27-15-13-23(24-18-41(3)31(42)29(24)27)21-9-11-22(12-10-21)49-51(5,44)45/h8,13-17,21-22H,6-7,9-12,18-19H2,1-5H3,(H2,37,38,39,40)/t21-,22-. The molecular formula is C33H41F3N5O8PS. The van der Waals surface area contributed by atoms with Gasteiger partial charge in [-0.05, 0) is 80.3 Å². The largest absolute Gasteiger partial charge is 0.495 e. The number of hydrogen-bond donors (Lipinski definition) is 2. The molecule has 2 N–H and O–H groups in total. The zero-order valence-electron chi connectivity index (χ0n) is 28.9. The van der Waals surface area contributed by atoms with E-state index in [0.29, 0.717) is 48.7 Å². The van der Waals surface area contributed by atoms with E-state index < -0.39 is 41.4 Å². The third kappa shape index (κ3) is 9.19. The molecule has 2 heterocycles. The first-order valence-corrected chi connectivity index (χ1v) is 19.9. The number of fused-ring (bicyclic) bond motifs is 1. The van der Waals surface area contributed by atoms with Crippen LogP contribution in [0.3, 0.4) is 0 Å². The second kappa shape index (κ2) is 15.5. The number of carbonyl (C=O) groups excluding carboxylic acids is 1. The van der Waals surface area contributed by atoms with Crippen molar-refractivity contribution in [3.63, 3.8) is 0 Å². The third-order valence-corrected chi connectivity index (χ3v) is 11.3. The molecule has 2 aromatic carbocycles. The maximum absolute atomic E-state index is 14.2. The predicted molar refractivity (Wildman–Crippen MR) is 184 cm³/mol. The molecule has 0 unspecified atom stereocenters. The lowest BCUT2D eigenvalue weighted by molar-refractivity contribution is -0.137. The number of benzene rings is 2. The first-order valence-electron chi connectivity index (χ1n) is 16.4. The molecule has 1 amide bonds. The van der Waals surface area contributed by atoms with Crippen molar-refractivity contribution in [1.29, 1.82) is 0 Å². The molecule has 1 fully saturated rings. The lowest BCUT2D eigenvalue weighted by Crippen LogP contribution is -2.24. The highest BCUT2D eigenvalue weighted by molar-refractivity contribution is 7.86. The Bertz CT molecular complexity index is 1910. The zero-order chi connectivity index (χ0) is 37.1. The van der Waals surface area contributed by atoms with Crippen LogP contribution in [0.1, 0.15) is 78.1 Å². The van der Waals surface area contributed by atoms with Gasteiger partial charge in [0.2, 0.25) is 5.95 Å². The number of anilines is 4. The van der Waals surface area contributed by atoms with Gasteiger partial charge in [0, 0.05) is 19.8 Å². The van der Waals surface area contributed by atoms with Crippen molar-refractivity contribution in [3.05, 3.63) is 64.3 Å². The molecule has 1 aliphatic carbocycles. The zero-order valence-corrected chi connectivity index (χ0v) is 30.6. The minimum Gasteiger partial charge on any atom is -0.495 e. The number of carbonyl (C=O) groups is 1. The first-order chi connectivity index (χ1) is 24.0. The molecular weight excluding hydrogens is 714 g/mol. The van der Waals surface area contributed by atoms with Crippen molar-refractivity contribution >= 4 is 46.8 Å². The van der Waals surface area contributed by atoms with Crippen molar-refractivity contribution in [2.24, 2.45) is 0 Å². The molecule has 5 rings (SSSR count). The molecule has 0 saturated heterocycles. The number of nitrogens with one attached hydrogen (secondary N) is 2. The fourth-order valence-corrected chi connectivity index (χ4v) is 8.83. The molecule has 1 aromatic heterocycles. The number of amides is 1. The van der Waals surface area contributed by atoms with E-state index in [1.165, 1.54) is 12.0 Å². The van der Waals surface area contributed by atoms with Crippen LogP contribution in [0.5, 0.6) is 5.75 Å². The van der Waals surface area contributed by atoms with Gasteiger partial charge in [-0.3, -0.25) is 13.5 Å². The van der Waals surface area contributed by atoms with E-state index in [2.05, 4.69) is 20.6 Å². The number of rotatable bonds is 14.